The molecule has 0 atom stereocenters. The normalized spacial score (nSPS) is 10.2. The van der Waals surface area contributed by atoms with Gasteiger partial charge in [0.05, 0.1) is 0 Å². The van der Waals surface area contributed by atoms with E-state index in [2.05, 4.69) is 42.5 Å². The Bertz CT molecular complexity index is 712. The lowest BCUT2D eigenvalue weighted by molar-refractivity contribution is 0.0977. The largest absolute Gasteiger partial charge is 0.362 e. The van der Waals surface area contributed by atoms with E-state index in [-0.39, 0.29) is 11.6 Å². The van der Waals surface area contributed by atoms with E-state index in [0.717, 1.165) is 8.95 Å². The quantitative estimate of drug-likeness (QED) is 0.414. The standard InChI is InChI=1S/C19H18Br2N2O2S/c20-15-5-1-13(2-6-15)17(24)9-11-22-19(26)23-12-10-18(25)14-3-7-16(21)8-4-14/h1-8H,9-12H2,(H2,22,23,26). The van der Waals surface area contributed by atoms with Gasteiger partial charge >= 0.3 is 0 Å². The number of Topliss-reactive ketones (excluding diaryl/α,β-unsaturated/α-hetero) is 2. The van der Waals surface area contributed by atoms with Crippen molar-refractivity contribution in [2.75, 3.05) is 13.1 Å². The topological polar surface area (TPSA) is 58.2 Å². The molecular weight excluding hydrogens is 480 g/mol. The third-order valence-electron chi connectivity index (χ3n) is 3.61. The molecule has 0 radical (unpaired) electrons. The number of hydrogen-bond donors (Lipinski definition) is 2. The fourth-order valence-electron chi connectivity index (χ4n) is 2.20. The van der Waals surface area contributed by atoms with Crippen LogP contribution in [-0.4, -0.2) is 29.8 Å². The molecule has 0 heterocycles. The third-order valence-corrected chi connectivity index (χ3v) is 4.95. The summed E-state index contributed by atoms with van der Waals surface area (Å²) in [5.41, 5.74) is 1.35. The monoisotopic (exact) mass is 496 g/mol. The molecule has 2 aromatic carbocycles. The summed E-state index contributed by atoms with van der Waals surface area (Å²) in [5, 5.41) is 6.42. The Labute approximate surface area is 175 Å². The van der Waals surface area contributed by atoms with Crippen LogP contribution in [0, 0.1) is 0 Å². The first kappa shape index (κ1) is 20.7. The minimum Gasteiger partial charge on any atom is -0.362 e. The molecule has 0 aliphatic carbocycles. The molecule has 0 aromatic heterocycles. The number of carbonyl (C=O) groups is 2. The van der Waals surface area contributed by atoms with Gasteiger partial charge in [0.15, 0.2) is 16.7 Å². The lowest BCUT2D eigenvalue weighted by atomic mass is 10.1. The summed E-state index contributed by atoms with van der Waals surface area (Å²) < 4.78 is 1.88. The number of benzene rings is 2. The van der Waals surface area contributed by atoms with Gasteiger partial charge in [-0.25, -0.2) is 0 Å². The number of thiocarbonyl (C=S) groups is 1. The minimum atomic E-state index is 0.0539. The maximum absolute atomic E-state index is 12.1. The lowest BCUT2D eigenvalue weighted by Crippen LogP contribution is -2.37. The molecule has 7 heteroatoms. The predicted octanol–water partition coefficient (Wildman–Crippen LogP) is 4.52. The van der Waals surface area contributed by atoms with Gasteiger partial charge < -0.3 is 10.6 Å². The third kappa shape index (κ3) is 6.97. The van der Waals surface area contributed by atoms with E-state index in [4.69, 9.17) is 12.2 Å². The van der Waals surface area contributed by atoms with E-state index in [9.17, 15) is 9.59 Å². The Morgan fingerprint density at radius 1 is 0.731 bits per heavy atom. The first-order valence-corrected chi connectivity index (χ1v) is 10.0. The molecule has 2 rings (SSSR count). The molecule has 0 saturated heterocycles. The number of nitrogens with one attached hydrogen (secondary N) is 2. The van der Waals surface area contributed by atoms with Crippen molar-refractivity contribution in [3.63, 3.8) is 0 Å². The second-order valence-corrected chi connectivity index (χ2v) is 7.78. The first-order valence-electron chi connectivity index (χ1n) is 8.05. The van der Waals surface area contributed by atoms with E-state index in [1.807, 2.05) is 24.3 Å². The number of rotatable bonds is 8. The highest BCUT2D eigenvalue weighted by Gasteiger charge is 2.07. The maximum atomic E-state index is 12.1. The zero-order chi connectivity index (χ0) is 18.9. The smallest absolute Gasteiger partial charge is 0.166 e. The summed E-state index contributed by atoms with van der Waals surface area (Å²) in [6.45, 7) is 0.892. The molecule has 0 fully saturated rings. The van der Waals surface area contributed by atoms with Gasteiger partial charge in [-0.15, -0.1) is 0 Å². The number of ketones is 2. The van der Waals surface area contributed by atoms with Crippen molar-refractivity contribution in [1.29, 1.82) is 0 Å². The Balaban J connectivity index is 1.64. The van der Waals surface area contributed by atoms with Crippen LogP contribution in [0.25, 0.3) is 0 Å². The zero-order valence-corrected chi connectivity index (χ0v) is 17.9. The highest BCUT2D eigenvalue weighted by Crippen LogP contribution is 2.12. The van der Waals surface area contributed by atoms with E-state index in [1.165, 1.54) is 0 Å². The van der Waals surface area contributed by atoms with Crippen molar-refractivity contribution in [2.45, 2.75) is 12.8 Å². The summed E-state index contributed by atoms with van der Waals surface area (Å²) in [4.78, 5) is 24.1. The lowest BCUT2D eigenvalue weighted by Gasteiger charge is -2.10. The van der Waals surface area contributed by atoms with Crippen LogP contribution >= 0.6 is 44.1 Å². The maximum Gasteiger partial charge on any atom is 0.166 e. The molecule has 26 heavy (non-hydrogen) atoms. The zero-order valence-electron chi connectivity index (χ0n) is 13.9. The molecule has 0 aliphatic rings. The second-order valence-electron chi connectivity index (χ2n) is 5.54. The molecule has 0 spiro atoms. The van der Waals surface area contributed by atoms with Crippen LogP contribution in [0.1, 0.15) is 33.6 Å². The summed E-state index contributed by atoms with van der Waals surface area (Å²) in [6.07, 6.45) is 0.697. The van der Waals surface area contributed by atoms with Gasteiger partial charge in [-0.2, -0.15) is 0 Å². The predicted molar refractivity (Wildman–Crippen MR) is 115 cm³/mol. The van der Waals surface area contributed by atoms with E-state index in [0.29, 0.717) is 42.2 Å². The molecule has 136 valence electrons. The molecule has 2 aromatic rings. The SMILES string of the molecule is O=C(CCNC(=S)NCCC(=O)c1ccc(Br)cc1)c1ccc(Br)cc1. The molecule has 0 unspecified atom stereocenters. The number of carbonyl (C=O) groups excluding carboxylic acids is 2. The van der Waals surface area contributed by atoms with Crippen LogP contribution in [0.15, 0.2) is 57.5 Å². The van der Waals surface area contributed by atoms with Crippen LogP contribution in [0.2, 0.25) is 0 Å². The molecule has 0 saturated carbocycles. The molecule has 0 aliphatic heterocycles. The van der Waals surface area contributed by atoms with Crippen molar-refractivity contribution >= 4 is 60.8 Å². The van der Waals surface area contributed by atoms with Gasteiger partial charge in [-0.1, -0.05) is 56.1 Å². The van der Waals surface area contributed by atoms with Gasteiger partial charge in [0.1, 0.15) is 0 Å². The Hall–Kier alpha value is -1.57. The molecular formula is C19H18Br2N2O2S. The van der Waals surface area contributed by atoms with E-state index >= 15 is 0 Å². The first-order chi connectivity index (χ1) is 12.5. The molecule has 4 nitrogen and oxygen atoms in total. The second kappa shape index (κ2) is 10.5. The van der Waals surface area contributed by atoms with E-state index < -0.39 is 0 Å². The summed E-state index contributed by atoms with van der Waals surface area (Å²) >= 11 is 11.9. The van der Waals surface area contributed by atoms with Gasteiger partial charge in [0.25, 0.3) is 0 Å². The Kier molecular flexibility index (Phi) is 8.41. The fraction of sp³-hybridized carbons (Fsp3) is 0.211. The molecule has 0 amide bonds. The fourth-order valence-corrected chi connectivity index (χ4v) is 2.93. The van der Waals surface area contributed by atoms with Crippen LogP contribution in [0.3, 0.4) is 0 Å². The van der Waals surface area contributed by atoms with Gasteiger partial charge in [0, 0.05) is 46.0 Å². The molecule has 2 N–H and O–H groups in total. The van der Waals surface area contributed by atoms with Gasteiger partial charge in [-0.3, -0.25) is 9.59 Å². The van der Waals surface area contributed by atoms with Gasteiger partial charge in [0.2, 0.25) is 0 Å². The van der Waals surface area contributed by atoms with Crippen molar-refractivity contribution in [3.8, 4) is 0 Å². The number of halogens is 2. The Morgan fingerprint density at radius 2 is 1.08 bits per heavy atom. The highest BCUT2D eigenvalue weighted by molar-refractivity contribution is 9.10. The van der Waals surface area contributed by atoms with Gasteiger partial charge in [-0.05, 0) is 36.5 Å². The van der Waals surface area contributed by atoms with Crippen molar-refractivity contribution in [2.24, 2.45) is 0 Å². The Morgan fingerprint density at radius 3 is 1.42 bits per heavy atom. The summed E-state index contributed by atoms with van der Waals surface area (Å²) in [6, 6.07) is 14.5. The molecule has 0 bridgehead atoms. The average molecular weight is 498 g/mol. The highest BCUT2D eigenvalue weighted by atomic mass is 79.9. The van der Waals surface area contributed by atoms with Crippen LogP contribution < -0.4 is 10.6 Å². The van der Waals surface area contributed by atoms with Crippen LogP contribution in [-0.2, 0) is 0 Å². The minimum absolute atomic E-state index is 0.0539. The van der Waals surface area contributed by atoms with Crippen molar-refractivity contribution in [1.82, 2.24) is 10.6 Å². The van der Waals surface area contributed by atoms with Crippen LogP contribution in [0.4, 0.5) is 0 Å². The van der Waals surface area contributed by atoms with E-state index in [1.54, 1.807) is 24.3 Å². The number of hydrogen-bond acceptors (Lipinski definition) is 3. The summed E-state index contributed by atoms with van der Waals surface area (Å²) in [5.74, 6) is 0.108. The summed E-state index contributed by atoms with van der Waals surface area (Å²) in [7, 11) is 0. The average Bonchev–Trinajstić information content (AvgIpc) is 2.62. The van der Waals surface area contributed by atoms with Crippen molar-refractivity contribution < 1.29 is 9.59 Å². The van der Waals surface area contributed by atoms with Crippen molar-refractivity contribution in [3.05, 3.63) is 68.6 Å². The van der Waals surface area contributed by atoms with Crippen LogP contribution in [0.5, 0.6) is 0 Å².